The average Bonchev–Trinajstić information content (AvgIpc) is 3.07. The highest BCUT2D eigenvalue weighted by molar-refractivity contribution is 5.67. The van der Waals surface area contributed by atoms with Crippen LogP contribution in [0.2, 0.25) is 0 Å². The number of fused-ring (bicyclic) bond motifs is 4. The van der Waals surface area contributed by atoms with Gasteiger partial charge in [0.05, 0.1) is 0 Å². The van der Waals surface area contributed by atoms with Gasteiger partial charge in [0.15, 0.2) is 0 Å². The Morgan fingerprint density at radius 2 is 1.96 bits per heavy atom. The smallest absolute Gasteiger partial charge is 0.407 e. The maximum absolute atomic E-state index is 12.4. The fourth-order valence-corrected chi connectivity index (χ4v) is 5.65. The van der Waals surface area contributed by atoms with Crippen LogP contribution in [-0.2, 0) is 17.6 Å². The zero-order valence-electron chi connectivity index (χ0n) is 16.8. The normalized spacial score (nSPS) is 32.7. The molecule has 148 valence electrons. The van der Waals surface area contributed by atoms with Gasteiger partial charge in [-0.2, -0.15) is 0 Å². The van der Waals surface area contributed by atoms with Crippen molar-refractivity contribution in [1.29, 1.82) is 0 Å². The summed E-state index contributed by atoms with van der Waals surface area (Å²) in [6, 6.07) is 9.93. The minimum atomic E-state index is -0.229. The van der Waals surface area contributed by atoms with Gasteiger partial charge in [-0.05, 0) is 69.0 Å². The number of alkyl carbamates (subject to hydrolysis) is 1. The molecule has 3 aliphatic rings. The molecule has 2 aliphatic heterocycles. The molecule has 0 spiro atoms. The molecular weight excluding hydrogens is 336 g/mol. The summed E-state index contributed by atoms with van der Waals surface area (Å²) in [6.07, 6.45) is 8.00. The van der Waals surface area contributed by atoms with Crippen LogP contribution in [0.1, 0.15) is 57.1 Å². The number of piperidine rings is 2. The molecule has 0 aromatic heterocycles. The maximum Gasteiger partial charge on any atom is 0.407 e. The number of hydrogen-bond donors (Lipinski definition) is 1. The molecule has 2 bridgehead atoms. The van der Waals surface area contributed by atoms with Gasteiger partial charge in [0.2, 0.25) is 0 Å². The van der Waals surface area contributed by atoms with E-state index in [2.05, 4.69) is 48.3 Å². The van der Waals surface area contributed by atoms with Gasteiger partial charge in [-0.25, -0.2) is 4.79 Å². The molecule has 3 unspecified atom stereocenters. The van der Waals surface area contributed by atoms with Gasteiger partial charge in [-0.1, -0.05) is 37.6 Å². The highest BCUT2D eigenvalue weighted by atomic mass is 16.6. The van der Waals surface area contributed by atoms with E-state index < -0.39 is 0 Å². The molecule has 1 aromatic carbocycles. The predicted octanol–water partition coefficient (Wildman–Crippen LogP) is 4.17. The van der Waals surface area contributed by atoms with Crippen molar-refractivity contribution < 1.29 is 9.53 Å². The van der Waals surface area contributed by atoms with Gasteiger partial charge >= 0.3 is 6.09 Å². The zero-order chi connectivity index (χ0) is 18.8. The van der Waals surface area contributed by atoms with Crippen LogP contribution in [0.25, 0.3) is 0 Å². The van der Waals surface area contributed by atoms with Crippen molar-refractivity contribution >= 4 is 6.09 Å². The van der Waals surface area contributed by atoms with Crippen LogP contribution in [0.15, 0.2) is 24.3 Å². The van der Waals surface area contributed by atoms with E-state index in [4.69, 9.17) is 4.74 Å². The van der Waals surface area contributed by atoms with Gasteiger partial charge in [0, 0.05) is 24.5 Å². The SMILES string of the molecule is CCc1ccc(CCNC(=O)OC2CC3CC2[C@H]2CCCCN2[C@H]3C)cc1. The van der Waals surface area contributed by atoms with Crippen molar-refractivity contribution in [3.05, 3.63) is 35.4 Å². The highest BCUT2D eigenvalue weighted by Crippen LogP contribution is 2.47. The number of ether oxygens (including phenoxy) is 1. The summed E-state index contributed by atoms with van der Waals surface area (Å²) in [5.41, 5.74) is 2.61. The number of aryl methyl sites for hydroxylation is 1. The minimum absolute atomic E-state index is 0.106. The van der Waals surface area contributed by atoms with Gasteiger partial charge in [0.1, 0.15) is 6.10 Å². The molecule has 2 heterocycles. The van der Waals surface area contributed by atoms with Crippen molar-refractivity contribution in [3.63, 3.8) is 0 Å². The van der Waals surface area contributed by atoms with E-state index in [9.17, 15) is 4.79 Å². The lowest BCUT2D eigenvalue weighted by molar-refractivity contribution is -0.0104. The van der Waals surface area contributed by atoms with E-state index in [1.807, 2.05) is 0 Å². The second kappa shape index (κ2) is 8.22. The number of carbonyl (C=O) groups excluding carboxylic acids is 1. The Hall–Kier alpha value is -1.55. The third kappa shape index (κ3) is 4.01. The van der Waals surface area contributed by atoms with E-state index in [1.54, 1.807) is 0 Å². The lowest BCUT2D eigenvalue weighted by Crippen LogP contribution is -2.54. The van der Waals surface area contributed by atoms with E-state index in [-0.39, 0.29) is 12.2 Å². The summed E-state index contributed by atoms with van der Waals surface area (Å²) in [5, 5.41) is 2.98. The van der Waals surface area contributed by atoms with Crippen molar-refractivity contribution in [3.8, 4) is 0 Å². The molecule has 5 atom stereocenters. The molecule has 1 aromatic rings. The fraction of sp³-hybridized carbons (Fsp3) is 0.696. The van der Waals surface area contributed by atoms with E-state index in [0.717, 1.165) is 19.3 Å². The number of rotatable bonds is 5. The van der Waals surface area contributed by atoms with Crippen LogP contribution in [0.4, 0.5) is 4.79 Å². The Morgan fingerprint density at radius 1 is 1.19 bits per heavy atom. The summed E-state index contributed by atoms with van der Waals surface area (Å²) in [5.74, 6) is 1.23. The minimum Gasteiger partial charge on any atom is -0.446 e. The zero-order valence-corrected chi connectivity index (χ0v) is 16.8. The van der Waals surface area contributed by atoms with Crippen LogP contribution in [0.3, 0.4) is 0 Å². The Morgan fingerprint density at radius 3 is 2.74 bits per heavy atom. The molecule has 4 nitrogen and oxygen atoms in total. The molecule has 1 aliphatic carbocycles. The van der Waals surface area contributed by atoms with Crippen molar-refractivity contribution in [1.82, 2.24) is 10.2 Å². The maximum atomic E-state index is 12.4. The Labute approximate surface area is 163 Å². The molecule has 1 N–H and O–H groups in total. The molecule has 4 rings (SSSR count). The number of benzene rings is 1. The monoisotopic (exact) mass is 370 g/mol. The van der Waals surface area contributed by atoms with Crippen LogP contribution < -0.4 is 5.32 Å². The third-order valence-corrected chi connectivity index (χ3v) is 7.25. The first-order chi connectivity index (χ1) is 13.2. The summed E-state index contributed by atoms with van der Waals surface area (Å²) in [7, 11) is 0. The molecule has 4 heteroatoms. The van der Waals surface area contributed by atoms with E-state index >= 15 is 0 Å². The lowest BCUT2D eigenvalue weighted by atomic mass is 9.81. The molecule has 3 fully saturated rings. The molecule has 1 saturated carbocycles. The van der Waals surface area contributed by atoms with Gasteiger partial charge in [-0.3, -0.25) is 4.90 Å². The number of amides is 1. The quantitative estimate of drug-likeness (QED) is 0.846. The number of hydrogen-bond acceptors (Lipinski definition) is 3. The second-order valence-corrected chi connectivity index (χ2v) is 8.73. The molecule has 1 amide bonds. The lowest BCUT2D eigenvalue weighted by Gasteiger charge is -2.47. The Kier molecular flexibility index (Phi) is 5.72. The number of carbonyl (C=O) groups is 1. The number of nitrogens with zero attached hydrogens (tertiary/aromatic N) is 1. The highest BCUT2D eigenvalue weighted by Gasteiger charge is 2.51. The first-order valence-corrected chi connectivity index (χ1v) is 10.9. The molecule has 2 saturated heterocycles. The van der Waals surface area contributed by atoms with Gasteiger partial charge in [-0.15, -0.1) is 0 Å². The van der Waals surface area contributed by atoms with Gasteiger partial charge < -0.3 is 10.1 Å². The van der Waals surface area contributed by atoms with Crippen molar-refractivity contribution in [2.24, 2.45) is 11.8 Å². The summed E-state index contributed by atoms with van der Waals surface area (Å²) >= 11 is 0. The molecule has 0 radical (unpaired) electrons. The average molecular weight is 371 g/mol. The largest absolute Gasteiger partial charge is 0.446 e. The molecule has 27 heavy (non-hydrogen) atoms. The summed E-state index contributed by atoms with van der Waals surface area (Å²) < 4.78 is 5.92. The number of nitrogens with one attached hydrogen (secondary N) is 1. The Balaban J connectivity index is 1.27. The van der Waals surface area contributed by atoms with Crippen LogP contribution in [0.5, 0.6) is 0 Å². The van der Waals surface area contributed by atoms with E-state index in [0.29, 0.717) is 30.5 Å². The topological polar surface area (TPSA) is 41.6 Å². The van der Waals surface area contributed by atoms with Crippen LogP contribution >= 0.6 is 0 Å². The van der Waals surface area contributed by atoms with E-state index in [1.165, 1.54) is 43.4 Å². The third-order valence-electron chi connectivity index (χ3n) is 7.25. The molecular formula is C23H34N2O2. The standard InChI is InChI=1S/C23H34N2O2/c1-3-17-7-9-18(10-8-17)11-12-24-23(26)27-22-15-19-14-20(22)21-6-4-5-13-25(21)16(19)2/h7-10,16,19-22H,3-6,11-15H2,1-2H3,(H,24,26)/t16-,19?,20?,21+,22?/m0/s1. The Bertz CT molecular complexity index is 644. The summed E-state index contributed by atoms with van der Waals surface area (Å²) in [6.45, 7) is 6.41. The van der Waals surface area contributed by atoms with Gasteiger partial charge in [0.25, 0.3) is 0 Å². The van der Waals surface area contributed by atoms with Crippen LogP contribution in [-0.4, -0.2) is 42.3 Å². The predicted molar refractivity (Wildman–Crippen MR) is 108 cm³/mol. The van der Waals surface area contributed by atoms with Crippen LogP contribution in [0, 0.1) is 11.8 Å². The van der Waals surface area contributed by atoms with Crippen molar-refractivity contribution in [2.45, 2.75) is 77.0 Å². The first-order valence-electron chi connectivity index (χ1n) is 10.9. The summed E-state index contributed by atoms with van der Waals surface area (Å²) in [4.78, 5) is 15.1. The fourth-order valence-electron chi connectivity index (χ4n) is 5.65. The van der Waals surface area contributed by atoms with Crippen molar-refractivity contribution in [2.75, 3.05) is 13.1 Å². The first kappa shape index (κ1) is 18.8. The second-order valence-electron chi connectivity index (χ2n) is 8.73.